The second-order valence-electron chi connectivity index (χ2n) is 5.52. The van der Waals surface area contributed by atoms with Crippen molar-refractivity contribution in [3.8, 4) is 5.69 Å². The first-order valence-corrected chi connectivity index (χ1v) is 7.52. The largest absolute Gasteiger partial charge is 0.391 e. The van der Waals surface area contributed by atoms with Gasteiger partial charge in [0.25, 0.3) is 0 Å². The molecule has 1 unspecified atom stereocenters. The van der Waals surface area contributed by atoms with Gasteiger partial charge < -0.3 is 15.3 Å². The maximum absolute atomic E-state index is 12.1. The van der Waals surface area contributed by atoms with Gasteiger partial charge >= 0.3 is 6.03 Å². The number of aliphatic hydroxyl groups is 1. The van der Waals surface area contributed by atoms with E-state index in [1.54, 1.807) is 15.8 Å². The van der Waals surface area contributed by atoms with Gasteiger partial charge in [0.1, 0.15) is 0 Å². The van der Waals surface area contributed by atoms with Gasteiger partial charge in [-0.2, -0.15) is 5.10 Å². The number of piperidine rings is 1. The van der Waals surface area contributed by atoms with E-state index >= 15 is 0 Å². The quantitative estimate of drug-likeness (QED) is 0.903. The minimum absolute atomic E-state index is 0.122. The first-order chi connectivity index (χ1) is 10.7. The van der Waals surface area contributed by atoms with Crippen molar-refractivity contribution in [1.82, 2.24) is 20.0 Å². The molecule has 1 aliphatic heterocycles. The highest BCUT2D eigenvalue weighted by Gasteiger charge is 2.21. The number of carbonyl (C=O) groups is 1. The molecule has 3 rings (SSSR count). The highest BCUT2D eigenvalue weighted by atomic mass is 16.3. The molecule has 6 nitrogen and oxygen atoms in total. The molecule has 2 amide bonds. The van der Waals surface area contributed by atoms with Crippen molar-refractivity contribution in [2.24, 2.45) is 0 Å². The van der Waals surface area contributed by atoms with Crippen LogP contribution in [0.25, 0.3) is 5.69 Å². The number of hydrogen-bond acceptors (Lipinski definition) is 3. The Kier molecular flexibility index (Phi) is 4.39. The summed E-state index contributed by atoms with van der Waals surface area (Å²) in [4.78, 5) is 13.8. The van der Waals surface area contributed by atoms with Crippen LogP contribution in [0.3, 0.4) is 0 Å². The molecular formula is C16H20N4O2. The van der Waals surface area contributed by atoms with E-state index < -0.39 is 6.10 Å². The highest BCUT2D eigenvalue weighted by Crippen LogP contribution is 2.11. The van der Waals surface area contributed by atoms with Crippen molar-refractivity contribution in [2.45, 2.75) is 25.5 Å². The van der Waals surface area contributed by atoms with Gasteiger partial charge in [0.2, 0.25) is 0 Å². The van der Waals surface area contributed by atoms with Gasteiger partial charge in [0, 0.05) is 32.0 Å². The number of amides is 2. The van der Waals surface area contributed by atoms with E-state index in [1.165, 1.54) is 0 Å². The number of nitrogens with one attached hydrogen (secondary N) is 1. The Morgan fingerprint density at radius 2 is 2.32 bits per heavy atom. The van der Waals surface area contributed by atoms with E-state index in [2.05, 4.69) is 10.4 Å². The van der Waals surface area contributed by atoms with E-state index in [0.29, 0.717) is 19.6 Å². The lowest BCUT2D eigenvalue weighted by Gasteiger charge is -2.30. The summed E-state index contributed by atoms with van der Waals surface area (Å²) in [5.41, 5.74) is 1.98. The summed E-state index contributed by atoms with van der Waals surface area (Å²) in [7, 11) is 0. The Hall–Kier alpha value is -2.34. The molecular weight excluding hydrogens is 280 g/mol. The average molecular weight is 300 g/mol. The van der Waals surface area contributed by atoms with Crippen molar-refractivity contribution in [3.05, 3.63) is 48.3 Å². The minimum Gasteiger partial charge on any atom is -0.391 e. The number of benzene rings is 1. The molecule has 0 bridgehead atoms. The summed E-state index contributed by atoms with van der Waals surface area (Å²) < 4.78 is 1.78. The van der Waals surface area contributed by atoms with Crippen molar-refractivity contribution >= 4 is 6.03 Å². The molecule has 1 aromatic carbocycles. The fourth-order valence-corrected chi connectivity index (χ4v) is 2.66. The van der Waals surface area contributed by atoms with Crippen LogP contribution in [0.1, 0.15) is 18.4 Å². The third-order valence-corrected chi connectivity index (χ3v) is 3.81. The Bertz CT molecular complexity index is 627. The second kappa shape index (κ2) is 6.62. The molecule has 0 saturated carbocycles. The Morgan fingerprint density at radius 1 is 1.41 bits per heavy atom. The third kappa shape index (κ3) is 3.46. The van der Waals surface area contributed by atoms with Crippen molar-refractivity contribution in [1.29, 1.82) is 0 Å². The van der Waals surface area contributed by atoms with Crippen LogP contribution in [0, 0.1) is 0 Å². The predicted octanol–water partition coefficient (Wildman–Crippen LogP) is 1.54. The van der Waals surface area contributed by atoms with Crippen LogP contribution >= 0.6 is 0 Å². The maximum Gasteiger partial charge on any atom is 0.317 e. The van der Waals surface area contributed by atoms with Crippen LogP contribution < -0.4 is 5.32 Å². The lowest BCUT2D eigenvalue weighted by Crippen LogP contribution is -2.46. The SMILES string of the molecule is O=C(NCc1cccc(-n2cccn2)c1)N1CCCC(O)C1. The molecule has 1 fully saturated rings. The molecule has 1 aliphatic rings. The third-order valence-electron chi connectivity index (χ3n) is 3.81. The highest BCUT2D eigenvalue weighted by molar-refractivity contribution is 5.74. The van der Waals surface area contributed by atoms with Gasteiger partial charge in [-0.1, -0.05) is 12.1 Å². The molecule has 6 heteroatoms. The second-order valence-corrected chi connectivity index (χ2v) is 5.52. The molecule has 22 heavy (non-hydrogen) atoms. The Morgan fingerprint density at radius 3 is 3.09 bits per heavy atom. The van der Waals surface area contributed by atoms with Crippen LogP contribution in [-0.4, -0.2) is 45.0 Å². The van der Waals surface area contributed by atoms with Crippen LogP contribution in [0.4, 0.5) is 4.79 Å². The first-order valence-electron chi connectivity index (χ1n) is 7.52. The fourth-order valence-electron chi connectivity index (χ4n) is 2.66. The molecule has 0 spiro atoms. The predicted molar refractivity (Wildman–Crippen MR) is 82.6 cm³/mol. The van der Waals surface area contributed by atoms with E-state index in [1.807, 2.05) is 36.5 Å². The van der Waals surface area contributed by atoms with Crippen molar-refractivity contribution < 1.29 is 9.90 Å². The number of aliphatic hydroxyl groups excluding tert-OH is 1. The molecule has 0 radical (unpaired) electrons. The van der Waals surface area contributed by atoms with Gasteiger partial charge in [-0.25, -0.2) is 9.48 Å². The zero-order chi connectivity index (χ0) is 15.4. The lowest BCUT2D eigenvalue weighted by atomic mass is 10.1. The number of rotatable bonds is 3. The van der Waals surface area contributed by atoms with E-state index in [4.69, 9.17) is 0 Å². The van der Waals surface area contributed by atoms with Gasteiger partial charge in [-0.3, -0.25) is 0 Å². The van der Waals surface area contributed by atoms with Gasteiger partial charge in [0.05, 0.1) is 11.8 Å². The van der Waals surface area contributed by atoms with Gasteiger partial charge in [0.15, 0.2) is 0 Å². The molecule has 1 aromatic heterocycles. The summed E-state index contributed by atoms with van der Waals surface area (Å²) in [6.07, 6.45) is 4.84. The number of β-amino-alcohol motifs (C(OH)–C–C–N with tert-alkyl or cyclic N) is 1. The lowest BCUT2D eigenvalue weighted by molar-refractivity contribution is 0.0842. The summed E-state index contributed by atoms with van der Waals surface area (Å²) in [5.74, 6) is 0. The summed E-state index contributed by atoms with van der Waals surface area (Å²) in [6, 6.07) is 9.64. The van der Waals surface area contributed by atoms with Crippen molar-refractivity contribution in [3.63, 3.8) is 0 Å². The van der Waals surface area contributed by atoms with E-state index in [9.17, 15) is 9.90 Å². The normalized spacial score (nSPS) is 18.2. The maximum atomic E-state index is 12.1. The van der Waals surface area contributed by atoms with Crippen molar-refractivity contribution in [2.75, 3.05) is 13.1 Å². The smallest absolute Gasteiger partial charge is 0.317 e. The first kappa shape index (κ1) is 14.6. The topological polar surface area (TPSA) is 70.4 Å². The fraction of sp³-hybridized carbons (Fsp3) is 0.375. The zero-order valence-electron chi connectivity index (χ0n) is 12.4. The molecule has 116 valence electrons. The minimum atomic E-state index is -0.400. The van der Waals surface area contributed by atoms with E-state index in [-0.39, 0.29) is 6.03 Å². The number of carbonyl (C=O) groups excluding carboxylic acids is 1. The van der Waals surface area contributed by atoms with Crippen LogP contribution in [0.2, 0.25) is 0 Å². The molecule has 2 heterocycles. The van der Waals surface area contributed by atoms with Gasteiger partial charge in [-0.15, -0.1) is 0 Å². The van der Waals surface area contributed by atoms with E-state index in [0.717, 1.165) is 24.1 Å². The molecule has 2 aromatic rings. The Balaban J connectivity index is 1.59. The van der Waals surface area contributed by atoms with Crippen LogP contribution in [0.5, 0.6) is 0 Å². The molecule has 1 saturated heterocycles. The molecule has 1 atom stereocenters. The number of urea groups is 1. The standard InChI is InChI=1S/C16H20N4O2/c21-15-6-2-8-19(12-15)16(22)17-11-13-4-1-5-14(10-13)20-9-3-7-18-20/h1,3-5,7,9-10,15,21H,2,6,8,11-12H2,(H,17,22). The molecule has 0 aliphatic carbocycles. The summed E-state index contributed by atoms with van der Waals surface area (Å²) in [6.45, 7) is 1.58. The average Bonchev–Trinajstić information content (AvgIpc) is 3.07. The van der Waals surface area contributed by atoms with Gasteiger partial charge in [-0.05, 0) is 36.6 Å². The number of likely N-dealkylation sites (tertiary alicyclic amines) is 1. The number of hydrogen-bond donors (Lipinski definition) is 2. The zero-order valence-corrected chi connectivity index (χ0v) is 12.4. The van der Waals surface area contributed by atoms with Crippen LogP contribution in [-0.2, 0) is 6.54 Å². The molecule has 2 N–H and O–H groups in total. The number of aromatic nitrogens is 2. The Labute approximate surface area is 129 Å². The summed E-state index contributed by atoms with van der Waals surface area (Å²) in [5, 5.41) is 16.7. The summed E-state index contributed by atoms with van der Waals surface area (Å²) >= 11 is 0. The monoisotopic (exact) mass is 300 g/mol. The van der Waals surface area contributed by atoms with Crippen LogP contribution in [0.15, 0.2) is 42.7 Å². The number of nitrogens with zero attached hydrogens (tertiary/aromatic N) is 3.